The lowest BCUT2D eigenvalue weighted by Crippen LogP contribution is -2.40. The summed E-state index contributed by atoms with van der Waals surface area (Å²) in [6, 6.07) is 9.04. The number of amides is 1. The molecule has 1 heterocycles. The highest BCUT2D eigenvalue weighted by Gasteiger charge is 2.34. The summed E-state index contributed by atoms with van der Waals surface area (Å²) in [4.78, 5) is 22.1. The van der Waals surface area contributed by atoms with Gasteiger partial charge in [0.2, 0.25) is 5.91 Å². The Morgan fingerprint density at radius 3 is 2.50 bits per heavy atom. The smallest absolute Gasteiger partial charge is 0.241 e. The Bertz CT molecular complexity index is 533. The molecule has 0 aliphatic carbocycles. The van der Waals surface area contributed by atoms with E-state index < -0.39 is 12.1 Å². The van der Waals surface area contributed by atoms with E-state index in [2.05, 4.69) is 9.97 Å². The van der Waals surface area contributed by atoms with Gasteiger partial charge in [0.15, 0.2) is 5.82 Å². The molecular weight excluding hydrogens is 257 g/mol. The van der Waals surface area contributed by atoms with Crippen molar-refractivity contribution in [3.8, 4) is 0 Å². The molecule has 1 aromatic carbocycles. The van der Waals surface area contributed by atoms with Crippen molar-refractivity contribution in [2.45, 2.75) is 13.8 Å². The van der Waals surface area contributed by atoms with Crippen molar-refractivity contribution in [1.82, 2.24) is 9.97 Å². The van der Waals surface area contributed by atoms with Crippen molar-refractivity contribution in [2.75, 3.05) is 11.6 Å². The van der Waals surface area contributed by atoms with Crippen LogP contribution in [0.1, 0.15) is 13.8 Å². The first kappa shape index (κ1) is 14.1. The average molecular weight is 273 g/mol. The Hall–Kier alpha value is -2.30. The quantitative estimate of drug-likeness (QED) is 0.859. The molecule has 0 unspecified atom stereocenters. The van der Waals surface area contributed by atoms with Gasteiger partial charge in [-0.1, -0.05) is 18.2 Å². The van der Waals surface area contributed by atoms with E-state index in [4.69, 9.17) is 0 Å². The molecule has 0 aliphatic rings. The molecule has 4 nitrogen and oxygen atoms in total. The van der Waals surface area contributed by atoms with Crippen molar-refractivity contribution in [1.29, 1.82) is 0 Å². The second-order valence-electron chi connectivity index (χ2n) is 5.06. The maximum atomic E-state index is 13.1. The molecule has 0 atom stereocenters. The first-order chi connectivity index (χ1) is 9.56. The summed E-state index contributed by atoms with van der Waals surface area (Å²) in [5, 5.41) is 0. The van der Waals surface area contributed by atoms with Crippen LogP contribution >= 0.6 is 0 Å². The van der Waals surface area contributed by atoms with Gasteiger partial charge >= 0.3 is 0 Å². The fourth-order valence-electron chi connectivity index (χ4n) is 1.70. The highest BCUT2D eigenvalue weighted by Crippen LogP contribution is 2.29. The van der Waals surface area contributed by atoms with Gasteiger partial charge in [-0.3, -0.25) is 14.7 Å². The third-order valence-electron chi connectivity index (χ3n) is 2.91. The third-order valence-corrected chi connectivity index (χ3v) is 2.91. The molecule has 104 valence electrons. The van der Waals surface area contributed by atoms with Crippen molar-refractivity contribution in [3.63, 3.8) is 0 Å². The number of hydrogen-bond acceptors (Lipinski definition) is 3. The van der Waals surface area contributed by atoms with E-state index in [1.54, 1.807) is 26.0 Å². The molecular formula is C15H16FN3O. The fourth-order valence-corrected chi connectivity index (χ4v) is 1.70. The summed E-state index contributed by atoms with van der Waals surface area (Å²) in [7, 11) is 0. The Labute approximate surface area is 117 Å². The molecule has 0 bridgehead atoms. The minimum atomic E-state index is -1.12. The van der Waals surface area contributed by atoms with E-state index in [0.29, 0.717) is 11.5 Å². The Morgan fingerprint density at radius 1 is 1.25 bits per heavy atom. The average Bonchev–Trinajstić information content (AvgIpc) is 2.49. The zero-order valence-electron chi connectivity index (χ0n) is 11.5. The summed E-state index contributed by atoms with van der Waals surface area (Å²) in [5.41, 5.74) is -0.479. The number of carbonyl (C=O) groups excluding carboxylic acids is 1. The van der Waals surface area contributed by atoms with Gasteiger partial charge in [0.05, 0.1) is 17.3 Å². The first-order valence-electron chi connectivity index (χ1n) is 6.28. The monoisotopic (exact) mass is 273 g/mol. The lowest BCUT2D eigenvalue weighted by molar-refractivity contribution is -0.126. The molecule has 0 saturated carbocycles. The summed E-state index contributed by atoms with van der Waals surface area (Å²) in [5.74, 6) is 0.0249. The van der Waals surface area contributed by atoms with Gasteiger partial charge < -0.3 is 0 Å². The van der Waals surface area contributed by atoms with Crippen LogP contribution in [0.15, 0.2) is 48.9 Å². The van der Waals surface area contributed by atoms with Gasteiger partial charge in [-0.05, 0) is 26.0 Å². The number of aromatic nitrogens is 2. The Balaban J connectivity index is 2.49. The molecule has 20 heavy (non-hydrogen) atoms. The molecule has 5 heteroatoms. The summed E-state index contributed by atoms with van der Waals surface area (Å²) >= 11 is 0. The molecule has 2 rings (SSSR count). The van der Waals surface area contributed by atoms with Crippen LogP contribution in [0, 0.1) is 5.41 Å². The number of nitrogens with zero attached hydrogens (tertiary/aromatic N) is 3. The summed E-state index contributed by atoms with van der Waals surface area (Å²) in [6.07, 6.45) is 4.51. The standard InChI is InChI=1S/C15H16FN3O/c1-15(2,11-16)14(20)19(12-6-4-3-5-7-12)13-10-17-8-9-18-13/h3-10H,11H2,1-2H3. The van der Waals surface area contributed by atoms with Crippen LogP contribution in [-0.4, -0.2) is 22.5 Å². The third kappa shape index (κ3) is 2.82. The number of anilines is 2. The molecule has 0 fully saturated rings. The van der Waals surface area contributed by atoms with Crippen LogP contribution < -0.4 is 4.90 Å². The molecule has 0 saturated heterocycles. The maximum Gasteiger partial charge on any atom is 0.241 e. The van der Waals surface area contributed by atoms with Crippen LogP contribution in [0.25, 0.3) is 0 Å². The number of hydrogen-bond donors (Lipinski definition) is 0. The number of halogens is 1. The zero-order chi connectivity index (χ0) is 14.6. The van der Waals surface area contributed by atoms with Crippen LogP contribution in [-0.2, 0) is 4.79 Å². The van der Waals surface area contributed by atoms with Crippen molar-refractivity contribution >= 4 is 17.4 Å². The van der Waals surface area contributed by atoms with E-state index in [1.165, 1.54) is 23.5 Å². The van der Waals surface area contributed by atoms with Gasteiger partial charge in [-0.15, -0.1) is 0 Å². The Kier molecular flexibility index (Phi) is 4.08. The van der Waals surface area contributed by atoms with E-state index in [0.717, 1.165) is 0 Å². The number of benzene rings is 1. The van der Waals surface area contributed by atoms with Gasteiger partial charge in [-0.2, -0.15) is 0 Å². The second kappa shape index (κ2) is 5.77. The molecule has 1 amide bonds. The normalized spacial score (nSPS) is 11.2. The van der Waals surface area contributed by atoms with Crippen LogP contribution in [0.4, 0.5) is 15.9 Å². The van der Waals surface area contributed by atoms with E-state index in [9.17, 15) is 9.18 Å². The SMILES string of the molecule is CC(C)(CF)C(=O)N(c1ccccc1)c1cnccn1. The minimum Gasteiger partial charge on any atom is -0.273 e. The Morgan fingerprint density at radius 2 is 1.95 bits per heavy atom. The van der Waals surface area contributed by atoms with E-state index in [1.807, 2.05) is 18.2 Å². The lowest BCUT2D eigenvalue weighted by atomic mass is 9.93. The topological polar surface area (TPSA) is 46.1 Å². The highest BCUT2D eigenvalue weighted by molar-refractivity contribution is 6.02. The van der Waals surface area contributed by atoms with E-state index in [-0.39, 0.29) is 5.91 Å². The molecule has 2 aromatic rings. The fraction of sp³-hybridized carbons (Fsp3) is 0.267. The molecule has 0 N–H and O–H groups in total. The molecule has 0 aliphatic heterocycles. The number of para-hydroxylation sites is 1. The van der Waals surface area contributed by atoms with Crippen LogP contribution in [0.2, 0.25) is 0 Å². The van der Waals surface area contributed by atoms with Crippen LogP contribution in [0.3, 0.4) is 0 Å². The lowest BCUT2D eigenvalue weighted by Gasteiger charge is -2.29. The largest absolute Gasteiger partial charge is 0.273 e. The summed E-state index contributed by atoms with van der Waals surface area (Å²) < 4.78 is 13.1. The first-order valence-corrected chi connectivity index (χ1v) is 6.28. The number of rotatable bonds is 4. The predicted octanol–water partition coefficient (Wildman–Crippen LogP) is 3.14. The highest BCUT2D eigenvalue weighted by atomic mass is 19.1. The van der Waals surface area contributed by atoms with Crippen molar-refractivity contribution in [3.05, 3.63) is 48.9 Å². The van der Waals surface area contributed by atoms with Crippen LogP contribution in [0.5, 0.6) is 0 Å². The van der Waals surface area contributed by atoms with Crippen molar-refractivity contribution < 1.29 is 9.18 Å². The molecule has 0 radical (unpaired) electrons. The van der Waals surface area contributed by atoms with Gasteiger partial charge in [-0.25, -0.2) is 9.37 Å². The predicted molar refractivity (Wildman–Crippen MR) is 75.4 cm³/mol. The zero-order valence-corrected chi connectivity index (χ0v) is 11.5. The second-order valence-corrected chi connectivity index (χ2v) is 5.06. The maximum absolute atomic E-state index is 13.1. The number of carbonyl (C=O) groups is 1. The van der Waals surface area contributed by atoms with Crippen molar-refractivity contribution in [2.24, 2.45) is 5.41 Å². The molecule has 0 spiro atoms. The van der Waals surface area contributed by atoms with Gasteiger partial charge in [0.25, 0.3) is 0 Å². The number of alkyl halides is 1. The summed E-state index contributed by atoms with van der Waals surface area (Å²) in [6.45, 7) is 2.40. The van der Waals surface area contributed by atoms with Gasteiger partial charge in [0, 0.05) is 12.4 Å². The minimum absolute atomic E-state index is 0.355. The van der Waals surface area contributed by atoms with Gasteiger partial charge in [0.1, 0.15) is 6.67 Å². The van der Waals surface area contributed by atoms with E-state index >= 15 is 0 Å². The molecule has 1 aromatic heterocycles.